The second kappa shape index (κ2) is 8.82. The van der Waals surface area contributed by atoms with E-state index < -0.39 is 0 Å². The molecule has 0 heterocycles. The molecule has 2 rings (SSSR count). The molecule has 0 aliphatic heterocycles. The minimum atomic E-state index is 0.835. The van der Waals surface area contributed by atoms with Crippen LogP contribution in [0.1, 0.15) is 58.4 Å². The van der Waals surface area contributed by atoms with E-state index in [0.29, 0.717) is 0 Å². The molecule has 22 heavy (non-hydrogen) atoms. The van der Waals surface area contributed by atoms with Gasteiger partial charge in [0.2, 0.25) is 0 Å². The molecule has 1 nitrogen and oxygen atoms in total. The molecule has 1 saturated carbocycles. The van der Waals surface area contributed by atoms with E-state index in [-0.39, 0.29) is 0 Å². The summed E-state index contributed by atoms with van der Waals surface area (Å²) in [5.74, 6) is 0.835. The van der Waals surface area contributed by atoms with Crippen molar-refractivity contribution in [3.05, 3.63) is 53.2 Å². The lowest BCUT2D eigenvalue weighted by molar-refractivity contribution is 0.344. The van der Waals surface area contributed by atoms with Crippen molar-refractivity contribution in [2.24, 2.45) is 5.92 Å². The maximum Gasteiger partial charge on any atom is 0.0386 e. The molecule has 1 heteroatoms. The summed E-state index contributed by atoms with van der Waals surface area (Å²) in [5, 5.41) is 0. The van der Waals surface area contributed by atoms with E-state index in [9.17, 15) is 0 Å². The van der Waals surface area contributed by atoms with Crippen molar-refractivity contribution < 1.29 is 0 Å². The van der Waals surface area contributed by atoms with Crippen LogP contribution in [-0.2, 0) is 0 Å². The van der Waals surface area contributed by atoms with Crippen LogP contribution in [0.15, 0.2) is 47.7 Å². The molecule has 0 amide bonds. The number of rotatable bonds is 9. The average Bonchev–Trinajstić information content (AvgIpc) is 3.35. The van der Waals surface area contributed by atoms with E-state index in [1.807, 2.05) is 0 Å². The summed E-state index contributed by atoms with van der Waals surface area (Å²) in [5.41, 5.74) is 4.37. The number of benzene rings is 1. The molecule has 0 spiro atoms. The third-order valence-electron chi connectivity index (χ3n) is 4.21. The van der Waals surface area contributed by atoms with Gasteiger partial charge in [0, 0.05) is 18.8 Å². The van der Waals surface area contributed by atoms with E-state index in [1.165, 1.54) is 43.4 Å². The SMILES string of the molecule is CC/C=C(/C1CC1)N(CCCC)C/C(C)=C/c1ccccc1. The number of hydrogen-bond acceptors (Lipinski definition) is 1. The summed E-state index contributed by atoms with van der Waals surface area (Å²) in [7, 11) is 0. The summed E-state index contributed by atoms with van der Waals surface area (Å²) in [6.07, 6.45) is 11.3. The second-order valence-electron chi connectivity index (χ2n) is 6.49. The van der Waals surface area contributed by atoms with E-state index >= 15 is 0 Å². The summed E-state index contributed by atoms with van der Waals surface area (Å²) in [6, 6.07) is 10.7. The van der Waals surface area contributed by atoms with Gasteiger partial charge >= 0.3 is 0 Å². The van der Waals surface area contributed by atoms with Crippen LogP contribution in [0.5, 0.6) is 0 Å². The van der Waals surface area contributed by atoms with Crippen LogP contribution in [0.3, 0.4) is 0 Å². The van der Waals surface area contributed by atoms with Crippen LogP contribution in [-0.4, -0.2) is 18.0 Å². The van der Waals surface area contributed by atoms with E-state index in [0.717, 1.165) is 18.9 Å². The molecule has 120 valence electrons. The maximum atomic E-state index is 2.64. The molecule has 1 aromatic rings. The molecule has 1 aliphatic rings. The fraction of sp³-hybridized carbons (Fsp3) is 0.524. The zero-order chi connectivity index (χ0) is 15.8. The Morgan fingerprint density at radius 2 is 1.91 bits per heavy atom. The zero-order valence-corrected chi connectivity index (χ0v) is 14.5. The van der Waals surface area contributed by atoms with Gasteiger partial charge in [-0.1, -0.05) is 68.3 Å². The molecule has 0 radical (unpaired) electrons. The summed E-state index contributed by atoms with van der Waals surface area (Å²) < 4.78 is 0. The lowest BCUT2D eigenvalue weighted by atomic mass is 10.1. The molecule has 0 saturated heterocycles. The maximum absolute atomic E-state index is 2.64. The van der Waals surface area contributed by atoms with Gasteiger partial charge in [0.05, 0.1) is 0 Å². The first kappa shape index (κ1) is 16.9. The van der Waals surface area contributed by atoms with Crippen LogP contribution in [0, 0.1) is 5.92 Å². The van der Waals surface area contributed by atoms with E-state index in [4.69, 9.17) is 0 Å². The summed E-state index contributed by atoms with van der Waals surface area (Å²) in [6.45, 7) is 9.07. The summed E-state index contributed by atoms with van der Waals surface area (Å²) >= 11 is 0. The predicted molar refractivity (Wildman–Crippen MR) is 97.7 cm³/mol. The van der Waals surface area contributed by atoms with Gasteiger partial charge in [0.15, 0.2) is 0 Å². The molecular formula is C21H31N. The van der Waals surface area contributed by atoms with Crippen molar-refractivity contribution in [1.29, 1.82) is 0 Å². The van der Waals surface area contributed by atoms with Crippen molar-refractivity contribution in [2.45, 2.75) is 52.9 Å². The lowest BCUT2D eigenvalue weighted by Crippen LogP contribution is -2.27. The molecule has 0 bridgehead atoms. The van der Waals surface area contributed by atoms with E-state index in [2.05, 4.69) is 68.2 Å². The quantitative estimate of drug-likeness (QED) is 0.549. The van der Waals surface area contributed by atoms with Crippen molar-refractivity contribution in [3.8, 4) is 0 Å². The van der Waals surface area contributed by atoms with Gasteiger partial charge in [0.1, 0.15) is 0 Å². The Bertz CT molecular complexity index is 494. The topological polar surface area (TPSA) is 3.24 Å². The Balaban J connectivity index is 2.08. The number of hydrogen-bond donors (Lipinski definition) is 0. The molecular weight excluding hydrogens is 266 g/mol. The van der Waals surface area contributed by atoms with Crippen LogP contribution in [0.4, 0.5) is 0 Å². The van der Waals surface area contributed by atoms with Crippen molar-refractivity contribution >= 4 is 6.08 Å². The predicted octanol–water partition coefficient (Wildman–Crippen LogP) is 5.90. The van der Waals surface area contributed by atoms with Gasteiger partial charge in [-0.05, 0) is 44.1 Å². The first-order valence-electron chi connectivity index (χ1n) is 8.91. The number of unbranched alkanes of at least 4 members (excludes halogenated alkanes) is 1. The Hall–Kier alpha value is -1.50. The average molecular weight is 297 g/mol. The zero-order valence-electron chi connectivity index (χ0n) is 14.5. The Labute approximate surface area is 136 Å². The Morgan fingerprint density at radius 3 is 2.50 bits per heavy atom. The molecule has 0 atom stereocenters. The molecule has 0 aromatic heterocycles. The minimum Gasteiger partial charge on any atom is -0.371 e. The van der Waals surface area contributed by atoms with Gasteiger partial charge in [-0.2, -0.15) is 0 Å². The number of allylic oxidation sites excluding steroid dienone is 2. The first-order valence-corrected chi connectivity index (χ1v) is 8.91. The molecule has 1 aromatic carbocycles. The minimum absolute atomic E-state index is 0.835. The lowest BCUT2D eigenvalue weighted by Gasteiger charge is -2.28. The van der Waals surface area contributed by atoms with Crippen molar-refractivity contribution in [3.63, 3.8) is 0 Å². The Morgan fingerprint density at radius 1 is 1.18 bits per heavy atom. The summed E-state index contributed by atoms with van der Waals surface area (Å²) in [4.78, 5) is 2.64. The van der Waals surface area contributed by atoms with Gasteiger partial charge in [-0.3, -0.25) is 0 Å². The Kier molecular flexibility index (Phi) is 6.76. The first-order chi connectivity index (χ1) is 10.7. The molecule has 1 aliphatic carbocycles. The smallest absolute Gasteiger partial charge is 0.0386 e. The van der Waals surface area contributed by atoms with Gasteiger partial charge < -0.3 is 4.90 Å². The monoisotopic (exact) mass is 297 g/mol. The van der Waals surface area contributed by atoms with Gasteiger partial charge in [-0.15, -0.1) is 0 Å². The third-order valence-corrected chi connectivity index (χ3v) is 4.21. The fourth-order valence-electron chi connectivity index (χ4n) is 2.97. The van der Waals surface area contributed by atoms with E-state index in [1.54, 1.807) is 5.70 Å². The normalized spacial score (nSPS) is 16.0. The van der Waals surface area contributed by atoms with Crippen LogP contribution < -0.4 is 0 Å². The van der Waals surface area contributed by atoms with Crippen molar-refractivity contribution in [2.75, 3.05) is 13.1 Å². The standard InChI is InChI=1S/C21H31N/c1-4-6-15-22(21(10-5-2)20-13-14-20)17-18(3)16-19-11-8-7-9-12-19/h7-12,16,20H,4-6,13-15,17H2,1-3H3/b18-16+,21-10-. The third kappa shape index (κ3) is 5.36. The highest BCUT2D eigenvalue weighted by Gasteiger charge is 2.29. The van der Waals surface area contributed by atoms with Gasteiger partial charge in [0.25, 0.3) is 0 Å². The largest absolute Gasteiger partial charge is 0.371 e. The highest BCUT2D eigenvalue weighted by Crippen LogP contribution is 2.38. The fourth-order valence-corrected chi connectivity index (χ4v) is 2.97. The number of nitrogens with zero attached hydrogens (tertiary/aromatic N) is 1. The molecule has 0 unspecified atom stereocenters. The van der Waals surface area contributed by atoms with Crippen LogP contribution >= 0.6 is 0 Å². The van der Waals surface area contributed by atoms with Crippen LogP contribution in [0.25, 0.3) is 6.08 Å². The van der Waals surface area contributed by atoms with Crippen molar-refractivity contribution in [1.82, 2.24) is 4.90 Å². The highest BCUT2D eigenvalue weighted by molar-refractivity contribution is 5.52. The second-order valence-corrected chi connectivity index (χ2v) is 6.49. The van der Waals surface area contributed by atoms with Gasteiger partial charge in [-0.25, -0.2) is 0 Å². The van der Waals surface area contributed by atoms with Crippen LogP contribution in [0.2, 0.25) is 0 Å². The molecule has 1 fully saturated rings. The molecule has 0 N–H and O–H groups in total. The highest BCUT2D eigenvalue weighted by atomic mass is 15.1.